The second-order valence-corrected chi connectivity index (χ2v) is 7.91. The number of aliphatic hydroxyl groups excluding tert-OH is 1. The van der Waals surface area contributed by atoms with Gasteiger partial charge in [0.1, 0.15) is 0 Å². The molecule has 3 nitrogen and oxygen atoms in total. The number of hydrogen-bond donors (Lipinski definition) is 3. The average Bonchev–Trinajstić information content (AvgIpc) is 2.53. The Morgan fingerprint density at radius 2 is 1.57 bits per heavy atom. The molecule has 3 N–H and O–H groups in total. The predicted octanol–water partition coefficient (Wildman–Crippen LogP) is 4.07. The van der Waals surface area contributed by atoms with E-state index in [0.29, 0.717) is 18.7 Å². The molecule has 1 aromatic rings. The highest BCUT2D eigenvalue weighted by Gasteiger charge is 2.20. The largest absolute Gasteiger partial charge is 0.396 e. The van der Waals surface area contributed by atoms with Crippen LogP contribution in [0.4, 0.5) is 5.69 Å². The van der Waals surface area contributed by atoms with Crippen molar-refractivity contribution in [2.24, 2.45) is 0 Å². The maximum Gasteiger partial charge on any atom is 0.0431 e. The lowest BCUT2D eigenvalue weighted by Gasteiger charge is -2.30. The molecule has 0 heterocycles. The van der Waals surface area contributed by atoms with Crippen LogP contribution in [0.1, 0.15) is 64.9 Å². The Labute approximate surface area is 141 Å². The molecule has 0 unspecified atom stereocenters. The second-order valence-electron chi connectivity index (χ2n) is 7.91. The highest BCUT2D eigenvalue weighted by Crippen LogP contribution is 2.26. The molecule has 1 aromatic carbocycles. The maximum atomic E-state index is 8.80. The van der Waals surface area contributed by atoms with E-state index in [4.69, 9.17) is 5.11 Å². The zero-order chi connectivity index (χ0) is 16.7. The first-order chi connectivity index (χ1) is 11.0. The number of rotatable bonds is 7. The van der Waals surface area contributed by atoms with Gasteiger partial charge in [-0.25, -0.2) is 0 Å². The molecule has 0 radical (unpaired) electrons. The number of benzene rings is 1. The summed E-state index contributed by atoms with van der Waals surface area (Å²) in [6, 6.07) is 10.2. The van der Waals surface area contributed by atoms with Crippen LogP contribution in [-0.4, -0.2) is 30.3 Å². The van der Waals surface area contributed by atoms with E-state index in [1.165, 1.54) is 36.9 Å². The van der Waals surface area contributed by atoms with Gasteiger partial charge >= 0.3 is 0 Å². The third-order valence-electron chi connectivity index (χ3n) is 4.87. The standard InChI is InChI=1S/C20H34N2O/c1-20(2,3)16-6-8-18(9-7-16)22-19-12-10-17(11-13-19)21-14-4-5-15-23/h6-9,17,19,21-23H,4-5,10-15H2,1-3H3. The van der Waals surface area contributed by atoms with Crippen molar-refractivity contribution in [3.8, 4) is 0 Å². The highest BCUT2D eigenvalue weighted by atomic mass is 16.2. The van der Waals surface area contributed by atoms with E-state index in [9.17, 15) is 0 Å². The van der Waals surface area contributed by atoms with Crippen molar-refractivity contribution >= 4 is 5.69 Å². The zero-order valence-corrected chi connectivity index (χ0v) is 15.1. The van der Waals surface area contributed by atoms with E-state index in [-0.39, 0.29) is 5.41 Å². The van der Waals surface area contributed by atoms with E-state index in [1.807, 2.05) is 0 Å². The van der Waals surface area contributed by atoms with E-state index in [0.717, 1.165) is 19.4 Å². The van der Waals surface area contributed by atoms with Crippen molar-refractivity contribution in [1.29, 1.82) is 0 Å². The summed E-state index contributed by atoms with van der Waals surface area (Å²) in [7, 11) is 0. The molecule has 0 atom stereocenters. The van der Waals surface area contributed by atoms with Gasteiger partial charge in [0.2, 0.25) is 0 Å². The Morgan fingerprint density at radius 3 is 2.13 bits per heavy atom. The SMILES string of the molecule is CC(C)(C)c1ccc(NC2CCC(NCCCCO)CC2)cc1. The third-order valence-corrected chi connectivity index (χ3v) is 4.87. The first-order valence-corrected chi connectivity index (χ1v) is 9.20. The Hall–Kier alpha value is -1.06. The fourth-order valence-electron chi connectivity index (χ4n) is 3.29. The number of aliphatic hydroxyl groups is 1. The minimum Gasteiger partial charge on any atom is -0.396 e. The molecule has 1 aliphatic rings. The molecule has 0 saturated heterocycles. The van der Waals surface area contributed by atoms with Crippen LogP contribution >= 0.6 is 0 Å². The van der Waals surface area contributed by atoms with Crippen LogP contribution in [0.15, 0.2) is 24.3 Å². The van der Waals surface area contributed by atoms with Gasteiger partial charge in [-0.2, -0.15) is 0 Å². The van der Waals surface area contributed by atoms with E-state index >= 15 is 0 Å². The van der Waals surface area contributed by atoms with Gasteiger partial charge in [-0.1, -0.05) is 32.9 Å². The van der Waals surface area contributed by atoms with E-state index in [1.54, 1.807) is 0 Å². The fourth-order valence-corrected chi connectivity index (χ4v) is 3.29. The predicted molar refractivity (Wildman–Crippen MR) is 99.1 cm³/mol. The van der Waals surface area contributed by atoms with Crippen LogP contribution < -0.4 is 10.6 Å². The summed E-state index contributed by atoms with van der Waals surface area (Å²) in [6.07, 6.45) is 6.95. The molecule has 23 heavy (non-hydrogen) atoms. The van der Waals surface area contributed by atoms with Gasteiger partial charge < -0.3 is 15.7 Å². The summed E-state index contributed by atoms with van der Waals surface area (Å²) in [5, 5.41) is 16.1. The fraction of sp³-hybridized carbons (Fsp3) is 0.700. The molecule has 130 valence electrons. The topological polar surface area (TPSA) is 44.3 Å². The third kappa shape index (κ3) is 6.15. The molecule has 0 aliphatic heterocycles. The molecule has 0 amide bonds. The average molecular weight is 319 g/mol. The molecule has 0 aromatic heterocycles. The number of unbranched alkanes of at least 4 members (excludes halogenated alkanes) is 1. The Morgan fingerprint density at radius 1 is 0.957 bits per heavy atom. The van der Waals surface area contributed by atoms with Gasteiger partial charge in [0, 0.05) is 24.4 Å². The minimum atomic E-state index is 0.221. The molecular formula is C20H34N2O. The lowest BCUT2D eigenvalue weighted by atomic mass is 9.87. The quantitative estimate of drug-likeness (QED) is 0.664. The summed E-state index contributed by atoms with van der Waals surface area (Å²) in [6.45, 7) is 8.11. The highest BCUT2D eigenvalue weighted by molar-refractivity contribution is 5.46. The number of hydrogen-bond acceptors (Lipinski definition) is 3. The first kappa shape index (κ1) is 18.3. The number of anilines is 1. The van der Waals surface area contributed by atoms with Gasteiger partial charge in [-0.15, -0.1) is 0 Å². The molecular weight excluding hydrogens is 284 g/mol. The van der Waals surface area contributed by atoms with Gasteiger partial charge in [0.05, 0.1) is 0 Å². The molecule has 2 rings (SSSR count). The summed E-state index contributed by atoms with van der Waals surface area (Å²) in [4.78, 5) is 0. The van der Waals surface area contributed by atoms with Crippen molar-refractivity contribution < 1.29 is 5.11 Å². The van der Waals surface area contributed by atoms with Crippen molar-refractivity contribution in [2.75, 3.05) is 18.5 Å². The van der Waals surface area contributed by atoms with Crippen LogP contribution in [0.25, 0.3) is 0 Å². The van der Waals surface area contributed by atoms with Gasteiger partial charge in [0.25, 0.3) is 0 Å². The molecule has 1 saturated carbocycles. The second kappa shape index (κ2) is 8.70. The lowest BCUT2D eigenvalue weighted by Crippen LogP contribution is -2.37. The van der Waals surface area contributed by atoms with Crippen LogP contribution in [0.5, 0.6) is 0 Å². The van der Waals surface area contributed by atoms with Crippen molar-refractivity contribution in [3.63, 3.8) is 0 Å². The van der Waals surface area contributed by atoms with Crippen molar-refractivity contribution in [3.05, 3.63) is 29.8 Å². The monoisotopic (exact) mass is 318 g/mol. The van der Waals surface area contributed by atoms with Crippen LogP contribution in [-0.2, 0) is 5.41 Å². The smallest absolute Gasteiger partial charge is 0.0431 e. The Bertz CT molecular complexity index is 442. The molecule has 0 bridgehead atoms. The van der Waals surface area contributed by atoms with E-state index in [2.05, 4.69) is 55.7 Å². The van der Waals surface area contributed by atoms with Crippen molar-refractivity contribution in [1.82, 2.24) is 5.32 Å². The Balaban J connectivity index is 1.72. The zero-order valence-electron chi connectivity index (χ0n) is 15.1. The van der Waals surface area contributed by atoms with Gasteiger partial charge in [-0.3, -0.25) is 0 Å². The van der Waals surface area contributed by atoms with Crippen LogP contribution in [0, 0.1) is 0 Å². The van der Waals surface area contributed by atoms with E-state index < -0.39 is 0 Å². The maximum absolute atomic E-state index is 8.80. The van der Waals surface area contributed by atoms with Crippen LogP contribution in [0.2, 0.25) is 0 Å². The Kier molecular flexibility index (Phi) is 6.91. The van der Waals surface area contributed by atoms with Gasteiger partial charge in [0.15, 0.2) is 0 Å². The summed E-state index contributed by atoms with van der Waals surface area (Å²) in [5.41, 5.74) is 2.86. The van der Waals surface area contributed by atoms with Crippen LogP contribution in [0.3, 0.4) is 0 Å². The normalized spacial score (nSPS) is 22.1. The summed E-state index contributed by atoms with van der Waals surface area (Å²) in [5.74, 6) is 0. The molecule has 1 fully saturated rings. The minimum absolute atomic E-state index is 0.221. The summed E-state index contributed by atoms with van der Waals surface area (Å²) < 4.78 is 0. The van der Waals surface area contributed by atoms with Crippen molar-refractivity contribution in [2.45, 2.75) is 76.8 Å². The lowest BCUT2D eigenvalue weighted by molar-refractivity contribution is 0.279. The first-order valence-electron chi connectivity index (χ1n) is 9.20. The number of nitrogens with one attached hydrogen (secondary N) is 2. The summed E-state index contributed by atoms with van der Waals surface area (Å²) >= 11 is 0. The molecule has 1 aliphatic carbocycles. The van der Waals surface area contributed by atoms with Gasteiger partial charge in [-0.05, 0) is 68.2 Å². The molecule has 0 spiro atoms. The molecule has 3 heteroatoms.